The van der Waals surface area contributed by atoms with Gasteiger partial charge in [-0.2, -0.15) is 0 Å². The molecule has 0 saturated carbocycles. The predicted octanol–water partition coefficient (Wildman–Crippen LogP) is 1.64. The molecular weight excluding hydrogens is 270 g/mol. The van der Waals surface area contributed by atoms with Gasteiger partial charge < -0.3 is 10.6 Å². The van der Waals surface area contributed by atoms with Crippen LogP contribution in [0.4, 0.5) is 5.69 Å². The maximum Gasteiger partial charge on any atom is 0.269 e. The number of rotatable bonds is 7. The minimum Gasteiger partial charge on any atom is -0.356 e. The highest BCUT2D eigenvalue weighted by atomic mass is 16.6. The van der Waals surface area contributed by atoms with Crippen molar-refractivity contribution in [2.75, 3.05) is 19.6 Å². The van der Waals surface area contributed by atoms with Crippen LogP contribution in [0.15, 0.2) is 24.3 Å². The Bertz CT molecular complexity index is 481. The van der Waals surface area contributed by atoms with Crippen LogP contribution in [-0.4, -0.2) is 30.5 Å². The molecule has 114 valence electrons. The van der Waals surface area contributed by atoms with Gasteiger partial charge in [0.15, 0.2) is 0 Å². The van der Waals surface area contributed by atoms with Crippen LogP contribution in [0.3, 0.4) is 0 Å². The van der Waals surface area contributed by atoms with E-state index in [9.17, 15) is 14.9 Å². The number of hydrogen-bond acceptors (Lipinski definition) is 4. The number of nitro groups is 1. The van der Waals surface area contributed by atoms with Crippen molar-refractivity contribution in [2.24, 2.45) is 5.92 Å². The average molecular weight is 291 g/mol. The van der Waals surface area contributed by atoms with Crippen LogP contribution in [0, 0.1) is 16.0 Å². The van der Waals surface area contributed by atoms with Gasteiger partial charge in [-0.25, -0.2) is 0 Å². The van der Waals surface area contributed by atoms with Gasteiger partial charge in [0.1, 0.15) is 0 Å². The molecular formula is C15H21N3O3. The minimum atomic E-state index is -0.413. The van der Waals surface area contributed by atoms with Crippen LogP contribution in [0.1, 0.15) is 24.8 Å². The lowest BCUT2D eigenvalue weighted by atomic mass is 10.0. The number of non-ortho nitro benzene ring substituents is 1. The maximum atomic E-state index is 11.7. The number of benzene rings is 1. The summed E-state index contributed by atoms with van der Waals surface area (Å²) < 4.78 is 0. The summed E-state index contributed by atoms with van der Waals surface area (Å²) in [6.07, 6.45) is 3.37. The third-order valence-corrected chi connectivity index (χ3v) is 3.83. The molecule has 1 saturated heterocycles. The van der Waals surface area contributed by atoms with E-state index in [-0.39, 0.29) is 11.6 Å². The van der Waals surface area contributed by atoms with Gasteiger partial charge in [-0.1, -0.05) is 12.1 Å². The number of nitro benzene ring substituents is 1. The summed E-state index contributed by atoms with van der Waals surface area (Å²) >= 11 is 0. The summed E-state index contributed by atoms with van der Waals surface area (Å²) in [7, 11) is 0. The van der Waals surface area contributed by atoms with Crippen LogP contribution < -0.4 is 10.6 Å². The highest BCUT2D eigenvalue weighted by Crippen LogP contribution is 2.14. The number of amides is 1. The van der Waals surface area contributed by atoms with Crippen LogP contribution in [0.2, 0.25) is 0 Å². The SMILES string of the molecule is O=C(CCC1CCNC1)NCCc1ccc([N+](=O)[O-])cc1. The van der Waals surface area contributed by atoms with Crippen molar-refractivity contribution in [1.29, 1.82) is 0 Å². The molecule has 1 aliphatic rings. The second-order valence-electron chi connectivity index (χ2n) is 5.42. The lowest BCUT2D eigenvalue weighted by molar-refractivity contribution is -0.384. The molecule has 0 bridgehead atoms. The zero-order valence-electron chi connectivity index (χ0n) is 12.0. The Balaban J connectivity index is 1.63. The Morgan fingerprint density at radius 1 is 1.38 bits per heavy atom. The Hall–Kier alpha value is -1.95. The van der Waals surface area contributed by atoms with Crippen LogP contribution in [0.5, 0.6) is 0 Å². The summed E-state index contributed by atoms with van der Waals surface area (Å²) in [5, 5.41) is 16.7. The molecule has 0 aliphatic carbocycles. The molecule has 6 heteroatoms. The normalized spacial score (nSPS) is 17.6. The van der Waals surface area contributed by atoms with Crippen molar-refractivity contribution in [3.05, 3.63) is 39.9 Å². The first-order valence-corrected chi connectivity index (χ1v) is 7.36. The first kappa shape index (κ1) is 15.4. The second-order valence-corrected chi connectivity index (χ2v) is 5.42. The molecule has 1 aromatic carbocycles. The van der Waals surface area contributed by atoms with Gasteiger partial charge in [0, 0.05) is 25.1 Å². The molecule has 1 unspecified atom stereocenters. The lowest BCUT2D eigenvalue weighted by Gasteiger charge is -2.08. The summed E-state index contributed by atoms with van der Waals surface area (Å²) in [6, 6.07) is 6.44. The van der Waals surface area contributed by atoms with E-state index in [0.29, 0.717) is 25.3 Å². The molecule has 1 fully saturated rings. The van der Waals surface area contributed by atoms with Gasteiger partial charge >= 0.3 is 0 Å². The number of nitrogens with zero attached hydrogens (tertiary/aromatic N) is 1. The summed E-state index contributed by atoms with van der Waals surface area (Å²) in [4.78, 5) is 21.8. The van der Waals surface area contributed by atoms with E-state index in [1.807, 2.05) is 0 Å². The highest BCUT2D eigenvalue weighted by molar-refractivity contribution is 5.75. The molecule has 0 aromatic heterocycles. The summed E-state index contributed by atoms with van der Waals surface area (Å²) in [6.45, 7) is 2.65. The van der Waals surface area contributed by atoms with Crippen molar-refractivity contribution in [2.45, 2.75) is 25.7 Å². The Kier molecular flexibility index (Phi) is 5.68. The van der Waals surface area contributed by atoms with E-state index in [0.717, 1.165) is 31.5 Å². The number of carbonyl (C=O) groups is 1. The minimum absolute atomic E-state index is 0.0869. The van der Waals surface area contributed by atoms with Gasteiger partial charge in [0.25, 0.3) is 5.69 Å². The number of nitrogens with one attached hydrogen (secondary N) is 2. The fourth-order valence-corrected chi connectivity index (χ4v) is 2.52. The average Bonchev–Trinajstić information content (AvgIpc) is 2.99. The third-order valence-electron chi connectivity index (χ3n) is 3.83. The third kappa shape index (κ3) is 5.15. The van der Waals surface area contributed by atoms with E-state index in [1.165, 1.54) is 12.1 Å². The van der Waals surface area contributed by atoms with E-state index in [4.69, 9.17) is 0 Å². The van der Waals surface area contributed by atoms with E-state index < -0.39 is 4.92 Å². The smallest absolute Gasteiger partial charge is 0.269 e. The highest BCUT2D eigenvalue weighted by Gasteiger charge is 2.15. The summed E-state index contributed by atoms with van der Waals surface area (Å²) in [5.41, 5.74) is 1.08. The van der Waals surface area contributed by atoms with Crippen molar-refractivity contribution in [3.63, 3.8) is 0 Å². The monoisotopic (exact) mass is 291 g/mol. The second kappa shape index (κ2) is 7.73. The molecule has 0 spiro atoms. The molecule has 1 aliphatic heterocycles. The van der Waals surface area contributed by atoms with Gasteiger partial charge in [-0.05, 0) is 43.8 Å². The van der Waals surface area contributed by atoms with Crippen LogP contribution in [-0.2, 0) is 11.2 Å². The van der Waals surface area contributed by atoms with Crippen LogP contribution in [0.25, 0.3) is 0 Å². The number of hydrogen-bond donors (Lipinski definition) is 2. The van der Waals surface area contributed by atoms with Crippen molar-refractivity contribution in [3.8, 4) is 0 Å². The maximum absolute atomic E-state index is 11.7. The standard InChI is InChI=1S/C15H21N3O3/c19-15(6-3-13-7-9-16-11-13)17-10-8-12-1-4-14(5-2-12)18(20)21/h1-2,4-5,13,16H,3,6-11H2,(H,17,19). The van der Waals surface area contributed by atoms with E-state index >= 15 is 0 Å². The van der Waals surface area contributed by atoms with E-state index in [1.54, 1.807) is 12.1 Å². The quantitative estimate of drug-likeness (QED) is 0.591. The topological polar surface area (TPSA) is 84.3 Å². The summed E-state index contributed by atoms with van der Waals surface area (Å²) in [5.74, 6) is 0.717. The van der Waals surface area contributed by atoms with Crippen LogP contribution >= 0.6 is 0 Å². The Morgan fingerprint density at radius 3 is 2.76 bits per heavy atom. The molecule has 0 radical (unpaired) electrons. The molecule has 2 rings (SSSR count). The fourth-order valence-electron chi connectivity index (χ4n) is 2.52. The molecule has 1 atom stereocenters. The fraction of sp³-hybridized carbons (Fsp3) is 0.533. The van der Waals surface area contributed by atoms with Gasteiger partial charge in [-0.3, -0.25) is 14.9 Å². The molecule has 1 amide bonds. The van der Waals surface area contributed by atoms with Crippen molar-refractivity contribution < 1.29 is 9.72 Å². The first-order valence-electron chi connectivity index (χ1n) is 7.36. The van der Waals surface area contributed by atoms with Crippen molar-refractivity contribution >= 4 is 11.6 Å². The molecule has 1 aromatic rings. The molecule has 21 heavy (non-hydrogen) atoms. The van der Waals surface area contributed by atoms with Gasteiger partial charge in [-0.15, -0.1) is 0 Å². The first-order chi connectivity index (χ1) is 10.1. The Morgan fingerprint density at radius 2 is 2.14 bits per heavy atom. The Labute approximate surface area is 124 Å². The predicted molar refractivity (Wildman–Crippen MR) is 80.0 cm³/mol. The largest absolute Gasteiger partial charge is 0.356 e. The number of carbonyl (C=O) groups excluding carboxylic acids is 1. The lowest BCUT2D eigenvalue weighted by Crippen LogP contribution is -2.26. The van der Waals surface area contributed by atoms with Crippen molar-refractivity contribution in [1.82, 2.24) is 10.6 Å². The van der Waals surface area contributed by atoms with Gasteiger partial charge in [0.2, 0.25) is 5.91 Å². The molecule has 6 nitrogen and oxygen atoms in total. The van der Waals surface area contributed by atoms with Gasteiger partial charge in [0.05, 0.1) is 4.92 Å². The zero-order chi connectivity index (χ0) is 15.1. The molecule has 2 N–H and O–H groups in total. The molecule has 1 heterocycles. The zero-order valence-corrected chi connectivity index (χ0v) is 12.0. The van der Waals surface area contributed by atoms with E-state index in [2.05, 4.69) is 10.6 Å².